The Morgan fingerprint density at radius 2 is 2.14 bits per heavy atom. The van der Waals surface area contributed by atoms with Crippen molar-refractivity contribution < 1.29 is 4.74 Å². The molecule has 22 heavy (non-hydrogen) atoms. The van der Waals surface area contributed by atoms with Gasteiger partial charge in [-0.15, -0.1) is 0 Å². The lowest BCUT2D eigenvalue weighted by molar-refractivity contribution is 0.235. The van der Waals surface area contributed by atoms with Gasteiger partial charge in [0.1, 0.15) is 11.9 Å². The summed E-state index contributed by atoms with van der Waals surface area (Å²) in [5.74, 6) is 1.88. The van der Waals surface area contributed by atoms with Crippen molar-refractivity contribution in [2.24, 2.45) is 4.99 Å². The van der Waals surface area contributed by atoms with Gasteiger partial charge in [-0.1, -0.05) is 18.2 Å². The molecule has 1 heterocycles. The Morgan fingerprint density at radius 3 is 2.82 bits per heavy atom. The van der Waals surface area contributed by atoms with Gasteiger partial charge in [0, 0.05) is 17.7 Å². The number of guanidine groups is 1. The smallest absolute Gasteiger partial charge is 0.191 e. The maximum atomic E-state index is 5.95. The number of fused-ring (bicyclic) bond motifs is 1. The minimum atomic E-state index is 0.155. The molecule has 0 spiro atoms. The van der Waals surface area contributed by atoms with Crippen LogP contribution in [0.2, 0.25) is 0 Å². The predicted octanol–water partition coefficient (Wildman–Crippen LogP) is 2.69. The Bertz CT molecular complexity index is 491. The van der Waals surface area contributed by atoms with E-state index in [0.717, 1.165) is 37.8 Å². The third-order valence-corrected chi connectivity index (χ3v) is 4.96. The molecule has 0 amide bonds. The normalized spacial score (nSPS) is 17.8. The Kier molecular flexibility index (Phi) is 6.00. The lowest BCUT2D eigenvalue weighted by Gasteiger charge is -2.21. The monoisotopic (exact) mass is 321 g/mol. The van der Waals surface area contributed by atoms with Gasteiger partial charge in [-0.3, -0.25) is 4.99 Å². The number of aliphatic imine (C=N–C) groups is 1. The topological polar surface area (TPSA) is 45.7 Å². The summed E-state index contributed by atoms with van der Waals surface area (Å²) in [5.41, 5.74) is 1.29. The van der Waals surface area contributed by atoms with Crippen LogP contribution in [0, 0.1) is 0 Å². The van der Waals surface area contributed by atoms with Gasteiger partial charge < -0.3 is 15.4 Å². The van der Waals surface area contributed by atoms with Crippen molar-refractivity contribution in [1.82, 2.24) is 10.6 Å². The fourth-order valence-electron chi connectivity index (χ4n) is 2.25. The summed E-state index contributed by atoms with van der Waals surface area (Å²) in [6, 6.07) is 8.25. The zero-order chi connectivity index (χ0) is 16.0. The molecule has 0 saturated carbocycles. The third kappa shape index (κ3) is 4.83. The van der Waals surface area contributed by atoms with Crippen LogP contribution in [0.1, 0.15) is 26.3 Å². The average molecular weight is 321 g/mol. The molecular weight excluding hydrogens is 294 g/mol. The van der Waals surface area contributed by atoms with E-state index in [4.69, 9.17) is 4.74 Å². The van der Waals surface area contributed by atoms with Crippen LogP contribution in [0.3, 0.4) is 0 Å². The Hall–Kier alpha value is -1.36. The van der Waals surface area contributed by atoms with Crippen molar-refractivity contribution in [3.8, 4) is 5.75 Å². The minimum Gasteiger partial charge on any atom is -0.488 e. The third-order valence-electron chi connectivity index (χ3n) is 3.73. The lowest BCUT2D eigenvalue weighted by atomic mass is 10.1. The molecule has 0 bridgehead atoms. The van der Waals surface area contributed by atoms with E-state index in [9.17, 15) is 0 Å². The molecule has 0 saturated heterocycles. The molecule has 5 heteroatoms. The van der Waals surface area contributed by atoms with E-state index >= 15 is 0 Å². The van der Waals surface area contributed by atoms with Crippen molar-refractivity contribution in [1.29, 1.82) is 0 Å². The highest BCUT2D eigenvalue weighted by molar-refractivity contribution is 7.99. The molecule has 122 valence electrons. The maximum absolute atomic E-state index is 5.95. The van der Waals surface area contributed by atoms with Gasteiger partial charge in [0.05, 0.1) is 13.1 Å². The number of nitrogens with one attached hydrogen (secondary N) is 2. The Balaban J connectivity index is 1.86. The van der Waals surface area contributed by atoms with Crippen LogP contribution in [-0.2, 0) is 6.42 Å². The summed E-state index contributed by atoms with van der Waals surface area (Å²) >= 11 is 1.83. The van der Waals surface area contributed by atoms with E-state index in [2.05, 4.69) is 54.8 Å². The molecule has 4 nitrogen and oxygen atoms in total. The number of hydrogen-bond acceptors (Lipinski definition) is 3. The molecule has 0 radical (unpaired) electrons. The van der Waals surface area contributed by atoms with Gasteiger partial charge in [-0.2, -0.15) is 11.8 Å². The first-order valence-electron chi connectivity index (χ1n) is 7.86. The van der Waals surface area contributed by atoms with E-state index in [0.29, 0.717) is 0 Å². The van der Waals surface area contributed by atoms with E-state index in [1.165, 1.54) is 5.56 Å². The van der Waals surface area contributed by atoms with E-state index in [1.54, 1.807) is 0 Å². The SMILES string of the molecule is CCNC(=NCC(C)(C)SC)NCC1Cc2ccccc2O1. The first-order valence-corrected chi connectivity index (χ1v) is 9.08. The van der Waals surface area contributed by atoms with E-state index < -0.39 is 0 Å². The molecule has 0 aliphatic carbocycles. The summed E-state index contributed by atoms with van der Waals surface area (Å²) in [6.07, 6.45) is 3.26. The predicted molar refractivity (Wildman–Crippen MR) is 96.1 cm³/mol. The number of thioether (sulfide) groups is 1. The van der Waals surface area contributed by atoms with Gasteiger partial charge in [0.15, 0.2) is 5.96 Å². The van der Waals surface area contributed by atoms with Gasteiger partial charge >= 0.3 is 0 Å². The highest BCUT2D eigenvalue weighted by atomic mass is 32.2. The summed E-state index contributed by atoms with van der Waals surface area (Å²) in [5, 5.41) is 6.70. The molecule has 1 aliphatic heterocycles. The molecule has 2 rings (SSSR count). The van der Waals surface area contributed by atoms with Crippen molar-refractivity contribution in [2.45, 2.75) is 38.0 Å². The fourth-order valence-corrected chi connectivity index (χ4v) is 2.45. The van der Waals surface area contributed by atoms with Gasteiger partial charge in [0.25, 0.3) is 0 Å². The van der Waals surface area contributed by atoms with E-state index in [-0.39, 0.29) is 10.9 Å². The zero-order valence-corrected chi connectivity index (χ0v) is 14.8. The van der Waals surface area contributed by atoms with Gasteiger partial charge in [0.2, 0.25) is 0 Å². The fraction of sp³-hybridized carbons (Fsp3) is 0.588. The zero-order valence-electron chi connectivity index (χ0n) is 14.0. The molecule has 1 aromatic rings. The summed E-state index contributed by atoms with van der Waals surface area (Å²) in [7, 11) is 0. The number of benzene rings is 1. The maximum Gasteiger partial charge on any atom is 0.191 e. The quantitative estimate of drug-likeness (QED) is 0.625. The molecular formula is C17H27N3OS. The van der Waals surface area contributed by atoms with Crippen LogP contribution in [0.4, 0.5) is 0 Å². The molecule has 0 fully saturated rings. The first kappa shape index (κ1) is 17.0. The standard InChI is InChI=1S/C17H27N3OS/c1-5-18-16(20-12-17(2,3)22-4)19-11-14-10-13-8-6-7-9-15(13)21-14/h6-9,14H,5,10-12H2,1-4H3,(H2,18,19,20). The van der Waals surface area contributed by atoms with E-state index in [1.807, 2.05) is 23.9 Å². The second kappa shape index (κ2) is 7.77. The van der Waals surface area contributed by atoms with Crippen molar-refractivity contribution in [3.05, 3.63) is 29.8 Å². The molecule has 1 atom stereocenters. The Morgan fingerprint density at radius 1 is 1.36 bits per heavy atom. The summed E-state index contributed by atoms with van der Waals surface area (Å²) in [6.45, 7) is 8.91. The number of para-hydroxylation sites is 1. The van der Waals surface area contributed by atoms with Crippen LogP contribution in [0.25, 0.3) is 0 Å². The van der Waals surface area contributed by atoms with Gasteiger partial charge in [-0.25, -0.2) is 0 Å². The lowest BCUT2D eigenvalue weighted by Crippen LogP contribution is -2.43. The van der Waals surface area contributed by atoms with Gasteiger partial charge in [-0.05, 0) is 38.7 Å². The number of hydrogen-bond donors (Lipinski definition) is 2. The average Bonchev–Trinajstić information content (AvgIpc) is 2.93. The molecule has 0 aromatic heterocycles. The first-order chi connectivity index (χ1) is 10.5. The largest absolute Gasteiger partial charge is 0.488 e. The molecule has 1 unspecified atom stereocenters. The molecule has 2 N–H and O–H groups in total. The number of ether oxygens (including phenoxy) is 1. The van der Waals surface area contributed by atoms with Crippen LogP contribution in [-0.4, -0.2) is 42.7 Å². The summed E-state index contributed by atoms with van der Waals surface area (Å²) in [4.78, 5) is 4.68. The number of nitrogens with zero attached hydrogens (tertiary/aromatic N) is 1. The van der Waals surface area contributed by atoms with Crippen molar-refractivity contribution in [3.63, 3.8) is 0 Å². The van der Waals surface area contributed by atoms with Crippen LogP contribution >= 0.6 is 11.8 Å². The van der Waals surface area contributed by atoms with Crippen LogP contribution in [0.15, 0.2) is 29.3 Å². The molecule has 1 aromatic carbocycles. The second-order valence-electron chi connectivity index (χ2n) is 6.09. The van der Waals surface area contributed by atoms with Crippen LogP contribution < -0.4 is 15.4 Å². The second-order valence-corrected chi connectivity index (χ2v) is 7.61. The minimum absolute atomic E-state index is 0.155. The highest BCUT2D eigenvalue weighted by Crippen LogP contribution is 2.27. The molecule has 1 aliphatic rings. The van der Waals surface area contributed by atoms with Crippen molar-refractivity contribution in [2.75, 3.05) is 25.9 Å². The Labute approximate surface area is 138 Å². The highest BCUT2D eigenvalue weighted by Gasteiger charge is 2.22. The van der Waals surface area contributed by atoms with Crippen molar-refractivity contribution >= 4 is 17.7 Å². The summed E-state index contributed by atoms with van der Waals surface area (Å²) < 4.78 is 6.11. The number of rotatable bonds is 6. The van der Waals surface area contributed by atoms with Crippen LogP contribution in [0.5, 0.6) is 5.75 Å².